The van der Waals surface area contributed by atoms with Gasteiger partial charge in [0.2, 0.25) is 5.91 Å². The highest BCUT2D eigenvalue weighted by molar-refractivity contribution is 5.97. The van der Waals surface area contributed by atoms with Crippen LogP contribution in [-0.4, -0.2) is 60.2 Å². The first-order valence-corrected chi connectivity index (χ1v) is 11.6. The summed E-state index contributed by atoms with van der Waals surface area (Å²) in [5, 5.41) is 14.3. The van der Waals surface area contributed by atoms with Crippen LogP contribution in [0, 0.1) is 17.7 Å². The number of halogens is 1. The molecule has 1 saturated heterocycles. The number of amides is 4. The summed E-state index contributed by atoms with van der Waals surface area (Å²) in [5.41, 5.74) is 2.65. The molecule has 1 saturated carbocycles. The van der Waals surface area contributed by atoms with E-state index in [1.54, 1.807) is 25.4 Å². The van der Waals surface area contributed by atoms with E-state index in [1.807, 2.05) is 0 Å². The molecule has 3 rings (SSSR count). The van der Waals surface area contributed by atoms with Crippen molar-refractivity contribution in [3.05, 3.63) is 24.0 Å². The van der Waals surface area contributed by atoms with Gasteiger partial charge in [-0.2, -0.15) is 0 Å². The highest BCUT2D eigenvalue weighted by atomic mass is 19.1. The molecular weight excluding hydrogens is 429 g/mol. The van der Waals surface area contributed by atoms with E-state index >= 15 is 0 Å². The van der Waals surface area contributed by atoms with Crippen LogP contribution < -0.4 is 21.0 Å². The Balaban J connectivity index is 1.71. The maximum atomic E-state index is 13.9. The van der Waals surface area contributed by atoms with Gasteiger partial charge in [-0.1, -0.05) is 20.3 Å². The van der Waals surface area contributed by atoms with Gasteiger partial charge in [-0.05, 0) is 55.7 Å². The minimum atomic E-state index is -0.889. The van der Waals surface area contributed by atoms with E-state index < -0.39 is 29.7 Å². The molecule has 10 heteroatoms. The molecule has 0 radical (unpaired) electrons. The van der Waals surface area contributed by atoms with Crippen molar-refractivity contribution in [2.75, 3.05) is 36.4 Å². The largest absolute Gasteiger partial charge is 0.370 e. The lowest BCUT2D eigenvalue weighted by atomic mass is 9.85. The first kappa shape index (κ1) is 24.8. The summed E-state index contributed by atoms with van der Waals surface area (Å²) < 4.78 is 13.9. The summed E-state index contributed by atoms with van der Waals surface area (Å²) in [6, 6.07) is 2.77. The topological polar surface area (TPSA) is 114 Å². The summed E-state index contributed by atoms with van der Waals surface area (Å²) in [6.07, 6.45) is 5.10. The van der Waals surface area contributed by atoms with Crippen LogP contribution >= 0.6 is 0 Å². The smallest absolute Gasteiger partial charge is 0.319 e. The number of urea groups is 1. The molecule has 1 heterocycles. The molecule has 1 aliphatic heterocycles. The third kappa shape index (κ3) is 6.56. The molecule has 9 nitrogen and oxygen atoms in total. The fourth-order valence-corrected chi connectivity index (χ4v) is 4.28. The van der Waals surface area contributed by atoms with Crippen LogP contribution in [0.4, 0.5) is 20.6 Å². The van der Waals surface area contributed by atoms with E-state index in [-0.39, 0.29) is 12.5 Å². The summed E-state index contributed by atoms with van der Waals surface area (Å²) in [6.45, 7) is 5.36. The van der Waals surface area contributed by atoms with E-state index in [9.17, 15) is 18.8 Å². The Morgan fingerprint density at radius 1 is 1.18 bits per heavy atom. The van der Waals surface area contributed by atoms with Gasteiger partial charge in [-0.15, -0.1) is 0 Å². The molecule has 0 unspecified atom stereocenters. The van der Waals surface area contributed by atoms with Crippen molar-refractivity contribution in [2.24, 2.45) is 11.8 Å². The molecule has 0 bridgehead atoms. The molecule has 4 N–H and O–H groups in total. The number of anilines is 2. The third-order valence-corrected chi connectivity index (χ3v) is 6.35. The quantitative estimate of drug-likeness (QED) is 0.332. The molecule has 1 aliphatic carbocycles. The molecule has 4 amide bonds. The Morgan fingerprint density at radius 3 is 2.45 bits per heavy atom. The van der Waals surface area contributed by atoms with Crippen LogP contribution in [0.5, 0.6) is 0 Å². The standard InChI is InChI=1S/C23H34FN5O4/c1-15(2)21(22(31)29(14-20(30)27-33)13-16-6-5-7-16)26-23(32)25-18-12-17(24)8-9-19(18)28-10-3-4-11-28/h8-9,12,15-16,21,33H,3-7,10-11,13-14H2,1-2H3,(H,27,30)(H2,25,26,32)/t21-/m0/s1. The fourth-order valence-electron chi connectivity index (χ4n) is 4.28. The molecular formula is C23H34FN5O4. The SMILES string of the molecule is CC(C)[C@H](NC(=O)Nc1cc(F)ccc1N1CCCC1)C(=O)N(CC(=O)NO)CC1CCC1. The maximum Gasteiger partial charge on any atom is 0.319 e. The first-order chi connectivity index (χ1) is 15.8. The second-order valence-electron chi connectivity index (χ2n) is 9.23. The summed E-state index contributed by atoms with van der Waals surface area (Å²) in [7, 11) is 0. The van der Waals surface area contributed by atoms with Crippen molar-refractivity contribution < 1.29 is 24.0 Å². The Kier molecular flexibility index (Phi) is 8.49. The molecule has 1 aromatic rings. The van der Waals surface area contributed by atoms with Crippen LogP contribution in [0.15, 0.2) is 18.2 Å². The second kappa shape index (κ2) is 11.3. The van der Waals surface area contributed by atoms with Crippen molar-refractivity contribution in [1.82, 2.24) is 15.7 Å². The minimum absolute atomic E-state index is 0.255. The zero-order valence-electron chi connectivity index (χ0n) is 19.3. The van der Waals surface area contributed by atoms with Gasteiger partial charge in [-0.25, -0.2) is 14.7 Å². The maximum absolute atomic E-state index is 13.9. The van der Waals surface area contributed by atoms with Crippen LogP contribution in [0.25, 0.3) is 0 Å². The molecule has 1 aromatic carbocycles. The number of carbonyl (C=O) groups is 3. The van der Waals surface area contributed by atoms with Crippen molar-refractivity contribution in [3.8, 4) is 0 Å². The Morgan fingerprint density at radius 2 is 1.88 bits per heavy atom. The highest BCUT2D eigenvalue weighted by Gasteiger charge is 2.32. The van der Waals surface area contributed by atoms with Gasteiger partial charge in [0.25, 0.3) is 5.91 Å². The number of hydrogen-bond donors (Lipinski definition) is 4. The monoisotopic (exact) mass is 463 g/mol. The average Bonchev–Trinajstić information content (AvgIpc) is 3.27. The number of nitrogens with zero attached hydrogens (tertiary/aromatic N) is 2. The predicted molar refractivity (Wildman–Crippen MR) is 122 cm³/mol. The van der Waals surface area contributed by atoms with Crippen molar-refractivity contribution >= 4 is 29.2 Å². The van der Waals surface area contributed by atoms with Crippen LogP contribution in [0.2, 0.25) is 0 Å². The van der Waals surface area contributed by atoms with Gasteiger partial charge in [0.1, 0.15) is 18.4 Å². The van der Waals surface area contributed by atoms with Crippen LogP contribution in [0.1, 0.15) is 46.0 Å². The lowest BCUT2D eigenvalue weighted by molar-refractivity contribution is -0.142. The molecule has 1 atom stereocenters. The Labute approximate surface area is 193 Å². The highest BCUT2D eigenvalue weighted by Crippen LogP contribution is 2.30. The molecule has 33 heavy (non-hydrogen) atoms. The molecule has 2 aliphatic rings. The predicted octanol–water partition coefficient (Wildman–Crippen LogP) is 2.71. The van der Waals surface area contributed by atoms with E-state index in [0.29, 0.717) is 18.2 Å². The molecule has 2 fully saturated rings. The molecule has 0 aromatic heterocycles. The molecule has 182 valence electrons. The van der Waals surface area contributed by atoms with E-state index in [1.165, 1.54) is 17.0 Å². The first-order valence-electron chi connectivity index (χ1n) is 11.6. The van der Waals surface area contributed by atoms with Crippen LogP contribution in [-0.2, 0) is 9.59 Å². The normalized spacial score (nSPS) is 16.8. The van der Waals surface area contributed by atoms with Crippen molar-refractivity contribution in [1.29, 1.82) is 0 Å². The number of rotatable bonds is 9. The van der Waals surface area contributed by atoms with Crippen molar-refractivity contribution in [2.45, 2.75) is 52.0 Å². The van der Waals surface area contributed by atoms with Gasteiger partial charge >= 0.3 is 6.03 Å². The van der Waals surface area contributed by atoms with Gasteiger partial charge in [0.05, 0.1) is 11.4 Å². The number of hydroxylamine groups is 1. The van der Waals surface area contributed by atoms with Gasteiger partial charge in [0.15, 0.2) is 0 Å². The summed E-state index contributed by atoms with van der Waals surface area (Å²) >= 11 is 0. The van der Waals surface area contributed by atoms with E-state index in [2.05, 4.69) is 15.5 Å². The van der Waals surface area contributed by atoms with E-state index in [4.69, 9.17) is 5.21 Å². The molecule has 0 spiro atoms. The third-order valence-electron chi connectivity index (χ3n) is 6.35. The second-order valence-corrected chi connectivity index (χ2v) is 9.23. The number of hydrogen-bond acceptors (Lipinski definition) is 5. The number of carbonyl (C=O) groups excluding carboxylic acids is 3. The number of nitrogens with one attached hydrogen (secondary N) is 3. The summed E-state index contributed by atoms with van der Waals surface area (Å²) in [4.78, 5) is 41.4. The lowest BCUT2D eigenvalue weighted by Gasteiger charge is -2.35. The van der Waals surface area contributed by atoms with Gasteiger partial charge in [0, 0.05) is 19.6 Å². The minimum Gasteiger partial charge on any atom is -0.370 e. The van der Waals surface area contributed by atoms with Gasteiger partial charge < -0.3 is 20.4 Å². The number of benzene rings is 1. The van der Waals surface area contributed by atoms with Crippen molar-refractivity contribution in [3.63, 3.8) is 0 Å². The van der Waals surface area contributed by atoms with Crippen LogP contribution in [0.3, 0.4) is 0 Å². The Bertz CT molecular complexity index is 855. The zero-order valence-corrected chi connectivity index (χ0v) is 19.3. The van der Waals surface area contributed by atoms with E-state index in [0.717, 1.165) is 50.9 Å². The zero-order chi connectivity index (χ0) is 24.0. The average molecular weight is 464 g/mol. The lowest BCUT2D eigenvalue weighted by Crippen LogP contribution is -2.55. The Hall–Kier alpha value is -2.88. The fraction of sp³-hybridized carbons (Fsp3) is 0.609. The van der Waals surface area contributed by atoms with Gasteiger partial charge in [-0.3, -0.25) is 14.8 Å². The summed E-state index contributed by atoms with van der Waals surface area (Å²) in [5.74, 6) is -1.50.